The second-order valence-corrected chi connectivity index (χ2v) is 3.20. The Balaban J connectivity index is 3.44. The first-order chi connectivity index (χ1) is 7.93. The SMILES string of the molecule is COc1cc(C(F)(F)F)c(C=O)cc1CC#N. The number of nitrogens with zero attached hydrogens (tertiary/aromatic N) is 1. The van der Waals surface area contributed by atoms with Gasteiger partial charge in [-0.1, -0.05) is 0 Å². The maximum absolute atomic E-state index is 12.6. The van der Waals surface area contributed by atoms with E-state index >= 15 is 0 Å². The quantitative estimate of drug-likeness (QED) is 0.766. The van der Waals surface area contributed by atoms with Crippen LogP contribution in [0.1, 0.15) is 21.5 Å². The van der Waals surface area contributed by atoms with Gasteiger partial charge in [-0.2, -0.15) is 18.4 Å². The lowest BCUT2D eigenvalue weighted by molar-refractivity contribution is -0.137. The average molecular weight is 243 g/mol. The van der Waals surface area contributed by atoms with Crippen molar-refractivity contribution in [2.24, 2.45) is 0 Å². The normalized spacial score (nSPS) is 10.8. The van der Waals surface area contributed by atoms with E-state index in [9.17, 15) is 18.0 Å². The van der Waals surface area contributed by atoms with Gasteiger partial charge in [0.25, 0.3) is 0 Å². The average Bonchev–Trinajstić information content (AvgIpc) is 2.27. The van der Waals surface area contributed by atoms with E-state index in [1.54, 1.807) is 6.07 Å². The molecule has 0 aliphatic heterocycles. The van der Waals surface area contributed by atoms with Crippen molar-refractivity contribution in [3.05, 3.63) is 28.8 Å². The number of hydrogen-bond acceptors (Lipinski definition) is 3. The van der Waals surface area contributed by atoms with E-state index in [0.29, 0.717) is 0 Å². The summed E-state index contributed by atoms with van der Waals surface area (Å²) in [6, 6.07) is 3.55. The molecule has 0 bridgehead atoms. The van der Waals surface area contributed by atoms with Gasteiger partial charge in [0.05, 0.1) is 25.2 Å². The van der Waals surface area contributed by atoms with E-state index in [2.05, 4.69) is 0 Å². The summed E-state index contributed by atoms with van der Waals surface area (Å²) < 4.78 is 42.5. The van der Waals surface area contributed by atoms with Gasteiger partial charge in [-0.05, 0) is 12.1 Å². The summed E-state index contributed by atoms with van der Waals surface area (Å²) in [6.07, 6.45) is -4.64. The number of aldehydes is 1. The van der Waals surface area contributed by atoms with Gasteiger partial charge in [0.1, 0.15) is 5.75 Å². The van der Waals surface area contributed by atoms with Crippen LogP contribution in [0, 0.1) is 11.3 Å². The zero-order chi connectivity index (χ0) is 13.1. The molecule has 0 fully saturated rings. The fraction of sp³-hybridized carbons (Fsp3) is 0.273. The molecule has 0 unspecified atom stereocenters. The molecular formula is C11H8F3NO2. The molecule has 6 heteroatoms. The molecule has 0 N–H and O–H groups in total. The molecule has 1 aromatic carbocycles. The van der Waals surface area contributed by atoms with Crippen LogP contribution >= 0.6 is 0 Å². The molecule has 1 aromatic rings. The van der Waals surface area contributed by atoms with Crippen LogP contribution in [0.25, 0.3) is 0 Å². The lowest BCUT2D eigenvalue weighted by Gasteiger charge is -2.13. The molecule has 0 aliphatic carbocycles. The molecular weight excluding hydrogens is 235 g/mol. The first-order valence-corrected chi connectivity index (χ1v) is 4.54. The number of nitriles is 1. The maximum Gasteiger partial charge on any atom is 0.417 e. The second kappa shape index (κ2) is 4.87. The predicted molar refractivity (Wildman–Crippen MR) is 52.7 cm³/mol. The highest BCUT2D eigenvalue weighted by molar-refractivity contribution is 5.79. The summed E-state index contributed by atoms with van der Waals surface area (Å²) in [7, 11) is 1.21. The van der Waals surface area contributed by atoms with E-state index in [1.807, 2.05) is 0 Å². The number of rotatable bonds is 3. The standard InChI is InChI=1S/C11H8F3NO2/c1-17-10-5-9(11(12,13)14)8(6-16)4-7(10)2-3-15/h4-6H,2H2,1H3. The molecule has 0 saturated carbocycles. The highest BCUT2D eigenvalue weighted by Gasteiger charge is 2.34. The van der Waals surface area contributed by atoms with E-state index in [4.69, 9.17) is 10.00 Å². The lowest BCUT2D eigenvalue weighted by Crippen LogP contribution is -2.10. The van der Waals surface area contributed by atoms with Gasteiger partial charge in [-0.15, -0.1) is 0 Å². The van der Waals surface area contributed by atoms with E-state index < -0.39 is 17.3 Å². The van der Waals surface area contributed by atoms with Crippen molar-refractivity contribution in [2.45, 2.75) is 12.6 Å². The van der Waals surface area contributed by atoms with Crippen LogP contribution in [-0.4, -0.2) is 13.4 Å². The minimum atomic E-state index is -4.63. The van der Waals surface area contributed by atoms with Crippen molar-refractivity contribution in [2.75, 3.05) is 7.11 Å². The lowest BCUT2D eigenvalue weighted by atomic mass is 10.0. The van der Waals surface area contributed by atoms with Gasteiger partial charge >= 0.3 is 6.18 Å². The Hall–Kier alpha value is -2.03. The minimum absolute atomic E-state index is 0.0514. The van der Waals surface area contributed by atoms with Crippen molar-refractivity contribution in [3.63, 3.8) is 0 Å². The first kappa shape index (κ1) is 13.0. The maximum atomic E-state index is 12.6. The number of halogens is 3. The van der Waals surface area contributed by atoms with Gasteiger partial charge in [0.2, 0.25) is 0 Å². The van der Waals surface area contributed by atoms with Gasteiger partial charge in [0, 0.05) is 11.1 Å². The van der Waals surface area contributed by atoms with Crippen molar-refractivity contribution in [1.29, 1.82) is 5.26 Å². The predicted octanol–water partition coefficient (Wildman–Crippen LogP) is 2.59. The first-order valence-electron chi connectivity index (χ1n) is 4.54. The number of ether oxygens (including phenoxy) is 1. The molecule has 0 heterocycles. The summed E-state index contributed by atoms with van der Waals surface area (Å²) >= 11 is 0. The molecule has 0 aliphatic rings. The van der Waals surface area contributed by atoms with Crippen LogP contribution in [0.5, 0.6) is 5.75 Å². The van der Waals surface area contributed by atoms with Crippen molar-refractivity contribution < 1.29 is 22.7 Å². The van der Waals surface area contributed by atoms with Crippen LogP contribution in [0.4, 0.5) is 13.2 Å². The number of carbonyl (C=O) groups is 1. The number of alkyl halides is 3. The third kappa shape index (κ3) is 2.75. The molecule has 0 amide bonds. The monoisotopic (exact) mass is 243 g/mol. The number of carbonyl (C=O) groups excluding carboxylic acids is 1. The third-order valence-corrected chi connectivity index (χ3v) is 2.15. The Morgan fingerprint density at radius 1 is 1.47 bits per heavy atom. The molecule has 0 saturated heterocycles. The fourth-order valence-corrected chi connectivity index (χ4v) is 1.40. The molecule has 0 spiro atoms. The smallest absolute Gasteiger partial charge is 0.417 e. The van der Waals surface area contributed by atoms with Crippen LogP contribution in [0.2, 0.25) is 0 Å². The summed E-state index contributed by atoms with van der Waals surface area (Å²) in [5.74, 6) is -0.0514. The van der Waals surface area contributed by atoms with E-state index in [1.165, 1.54) is 7.11 Å². The summed E-state index contributed by atoms with van der Waals surface area (Å²) in [5.41, 5.74) is -1.31. The van der Waals surface area contributed by atoms with Crippen molar-refractivity contribution in [3.8, 4) is 11.8 Å². The third-order valence-electron chi connectivity index (χ3n) is 2.15. The Labute approximate surface area is 95.4 Å². The number of hydrogen-bond donors (Lipinski definition) is 0. The van der Waals surface area contributed by atoms with Crippen LogP contribution in [-0.2, 0) is 12.6 Å². The second-order valence-electron chi connectivity index (χ2n) is 3.20. The highest BCUT2D eigenvalue weighted by atomic mass is 19.4. The Morgan fingerprint density at radius 3 is 2.53 bits per heavy atom. The summed E-state index contributed by atoms with van der Waals surface area (Å²) in [4.78, 5) is 10.6. The van der Waals surface area contributed by atoms with Gasteiger partial charge in [0.15, 0.2) is 6.29 Å². The highest BCUT2D eigenvalue weighted by Crippen LogP contribution is 2.35. The Morgan fingerprint density at radius 2 is 2.12 bits per heavy atom. The van der Waals surface area contributed by atoms with E-state index in [-0.39, 0.29) is 24.0 Å². The van der Waals surface area contributed by atoms with Crippen molar-refractivity contribution >= 4 is 6.29 Å². The Bertz CT molecular complexity index is 475. The zero-order valence-corrected chi connectivity index (χ0v) is 8.84. The summed E-state index contributed by atoms with van der Waals surface area (Å²) in [6.45, 7) is 0. The fourth-order valence-electron chi connectivity index (χ4n) is 1.40. The number of methoxy groups -OCH3 is 1. The van der Waals surface area contributed by atoms with E-state index in [0.717, 1.165) is 12.1 Å². The Kier molecular flexibility index (Phi) is 3.73. The molecule has 90 valence electrons. The van der Waals surface area contributed by atoms with Gasteiger partial charge < -0.3 is 4.74 Å². The molecule has 17 heavy (non-hydrogen) atoms. The zero-order valence-electron chi connectivity index (χ0n) is 8.84. The minimum Gasteiger partial charge on any atom is -0.496 e. The van der Waals surface area contributed by atoms with Crippen LogP contribution in [0.3, 0.4) is 0 Å². The molecule has 0 aromatic heterocycles. The molecule has 3 nitrogen and oxygen atoms in total. The number of benzene rings is 1. The van der Waals surface area contributed by atoms with Gasteiger partial charge in [-0.3, -0.25) is 4.79 Å². The molecule has 0 radical (unpaired) electrons. The topological polar surface area (TPSA) is 50.1 Å². The van der Waals surface area contributed by atoms with Crippen LogP contribution in [0.15, 0.2) is 12.1 Å². The molecule has 1 rings (SSSR count). The van der Waals surface area contributed by atoms with Crippen LogP contribution < -0.4 is 4.74 Å². The summed E-state index contributed by atoms with van der Waals surface area (Å²) in [5, 5.41) is 8.52. The largest absolute Gasteiger partial charge is 0.496 e. The molecule has 0 atom stereocenters. The van der Waals surface area contributed by atoms with Gasteiger partial charge in [-0.25, -0.2) is 0 Å². The van der Waals surface area contributed by atoms with Crippen molar-refractivity contribution in [1.82, 2.24) is 0 Å².